The summed E-state index contributed by atoms with van der Waals surface area (Å²) in [5, 5.41) is 3.77. The van der Waals surface area contributed by atoms with Crippen LogP contribution in [-0.2, 0) is 13.6 Å². The fraction of sp³-hybridized carbons (Fsp3) is 0.714. The van der Waals surface area contributed by atoms with Crippen LogP contribution in [0.1, 0.15) is 49.6 Å². The van der Waals surface area contributed by atoms with Gasteiger partial charge in [-0.1, -0.05) is 6.92 Å². The number of hydrogen-bond donors (Lipinski definition) is 1. The molecule has 1 aromatic rings. The third-order valence-corrected chi connectivity index (χ3v) is 4.52. The van der Waals surface area contributed by atoms with Crippen LogP contribution in [-0.4, -0.2) is 10.1 Å². The molecular weight excluding hydrogens is 196 g/mol. The molecular formula is C14H24N2. The summed E-state index contributed by atoms with van der Waals surface area (Å²) in [6, 6.07) is 2.31. The van der Waals surface area contributed by atoms with E-state index in [1.54, 1.807) is 0 Å². The summed E-state index contributed by atoms with van der Waals surface area (Å²) in [7, 11) is 2.15. The lowest BCUT2D eigenvalue weighted by molar-refractivity contribution is 0.175. The molecule has 1 aliphatic rings. The van der Waals surface area contributed by atoms with Gasteiger partial charge in [-0.15, -0.1) is 0 Å². The first-order chi connectivity index (χ1) is 7.58. The molecule has 0 amide bonds. The highest BCUT2D eigenvalue weighted by Gasteiger charge is 2.34. The van der Waals surface area contributed by atoms with Crippen molar-refractivity contribution in [2.75, 3.05) is 0 Å². The van der Waals surface area contributed by atoms with Crippen LogP contribution in [0.3, 0.4) is 0 Å². The Morgan fingerprint density at radius 3 is 2.44 bits per heavy atom. The monoisotopic (exact) mass is 220 g/mol. The Balaban J connectivity index is 2.02. The van der Waals surface area contributed by atoms with Crippen LogP contribution in [0.15, 0.2) is 6.07 Å². The van der Waals surface area contributed by atoms with Gasteiger partial charge in [0.25, 0.3) is 0 Å². The molecule has 0 aliphatic heterocycles. The average molecular weight is 220 g/mol. The molecule has 1 N–H and O–H groups in total. The van der Waals surface area contributed by atoms with Gasteiger partial charge in [0, 0.05) is 30.5 Å². The normalized spacial score (nSPS) is 18.5. The fourth-order valence-corrected chi connectivity index (χ4v) is 2.65. The van der Waals surface area contributed by atoms with E-state index in [-0.39, 0.29) is 0 Å². The zero-order valence-electron chi connectivity index (χ0n) is 11.1. The maximum Gasteiger partial charge on any atom is 0.0228 e. The van der Waals surface area contributed by atoms with Gasteiger partial charge in [0.1, 0.15) is 0 Å². The second-order valence-electron chi connectivity index (χ2n) is 5.30. The Morgan fingerprint density at radius 1 is 1.38 bits per heavy atom. The lowest BCUT2D eigenvalue weighted by Crippen LogP contribution is -2.49. The van der Waals surface area contributed by atoms with Gasteiger partial charge in [-0.25, -0.2) is 0 Å². The Hall–Kier alpha value is -0.760. The van der Waals surface area contributed by atoms with Gasteiger partial charge in [-0.3, -0.25) is 0 Å². The van der Waals surface area contributed by atoms with Gasteiger partial charge in [-0.05, 0) is 51.2 Å². The van der Waals surface area contributed by atoms with Crippen LogP contribution in [0.5, 0.6) is 0 Å². The average Bonchev–Trinajstić information content (AvgIpc) is 2.45. The van der Waals surface area contributed by atoms with E-state index in [1.807, 2.05) is 0 Å². The summed E-state index contributed by atoms with van der Waals surface area (Å²) in [4.78, 5) is 0. The molecule has 0 aromatic carbocycles. The number of nitrogens with one attached hydrogen (secondary N) is 1. The highest BCUT2D eigenvalue weighted by atomic mass is 15.0. The number of aryl methyl sites for hydroxylation is 1. The molecule has 1 aromatic heterocycles. The van der Waals surface area contributed by atoms with Crippen LogP contribution >= 0.6 is 0 Å². The Morgan fingerprint density at radius 2 is 2.06 bits per heavy atom. The Bertz CT molecular complexity index is 367. The number of rotatable bonds is 4. The number of nitrogens with zero attached hydrogens (tertiary/aromatic N) is 1. The van der Waals surface area contributed by atoms with Crippen LogP contribution in [0.2, 0.25) is 0 Å². The topological polar surface area (TPSA) is 17.0 Å². The summed E-state index contributed by atoms with van der Waals surface area (Å²) in [5.74, 6) is 0. The van der Waals surface area contributed by atoms with Crippen molar-refractivity contribution in [3.8, 4) is 0 Å². The maximum absolute atomic E-state index is 3.77. The lowest BCUT2D eigenvalue weighted by Gasteiger charge is -2.42. The molecule has 1 saturated carbocycles. The number of aromatic nitrogens is 1. The van der Waals surface area contributed by atoms with Crippen molar-refractivity contribution in [2.24, 2.45) is 7.05 Å². The first kappa shape index (κ1) is 11.7. The maximum atomic E-state index is 3.77. The minimum Gasteiger partial charge on any atom is -0.352 e. The predicted molar refractivity (Wildman–Crippen MR) is 68.6 cm³/mol. The molecule has 16 heavy (non-hydrogen) atoms. The van der Waals surface area contributed by atoms with E-state index < -0.39 is 0 Å². The van der Waals surface area contributed by atoms with Gasteiger partial charge in [0.15, 0.2) is 0 Å². The lowest BCUT2D eigenvalue weighted by atomic mass is 9.75. The van der Waals surface area contributed by atoms with Crippen molar-refractivity contribution >= 4 is 0 Å². The smallest absolute Gasteiger partial charge is 0.0228 e. The van der Waals surface area contributed by atoms with Crippen molar-refractivity contribution in [1.29, 1.82) is 0 Å². The van der Waals surface area contributed by atoms with E-state index in [0.29, 0.717) is 5.54 Å². The molecule has 2 nitrogen and oxygen atoms in total. The van der Waals surface area contributed by atoms with Gasteiger partial charge in [0.05, 0.1) is 0 Å². The van der Waals surface area contributed by atoms with Gasteiger partial charge < -0.3 is 9.88 Å². The third kappa shape index (κ3) is 1.91. The molecule has 0 atom stereocenters. The van der Waals surface area contributed by atoms with E-state index in [1.165, 1.54) is 42.6 Å². The highest BCUT2D eigenvalue weighted by Crippen LogP contribution is 2.35. The minimum atomic E-state index is 0.455. The van der Waals surface area contributed by atoms with Crippen molar-refractivity contribution in [3.63, 3.8) is 0 Å². The van der Waals surface area contributed by atoms with Gasteiger partial charge >= 0.3 is 0 Å². The predicted octanol–water partition coefficient (Wildman–Crippen LogP) is 3.06. The van der Waals surface area contributed by atoms with E-state index >= 15 is 0 Å². The summed E-state index contributed by atoms with van der Waals surface area (Å²) in [6.07, 6.45) is 5.37. The summed E-state index contributed by atoms with van der Waals surface area (Å²) >= 11 is 0. The molecule has 0 spiro atoms. The third-order valence-electron chi connectivity index (χ3n) is 4.52. The van der Waals surface area contributed by atoms with E-state index in [2.05, 4.69) is 43.8 Å². The molecule has 0 unspecified atom stereocenters. The molecule has 0 bridgehead atoms. The first-order valence-electron chi connectivity index (χ1n) is 6.45. The summed E-state index contributed by atoms with van der Waals surface area (Å²) in [5.41, 5.74) is 4.67. The molecule has 1 aliphatic carbocycles. The molecule has 2 rings (SSSR count). The zero-order valence-corrected chi connectivity index (χ0v) is 11.1. The zero-order chi connectivity index (χ0) is 11.8. The van der Waals surface area contributed by atoms with Gasteiger partial charge in [-0.2, -0.15) is 0 Å². The fourth-order valence-electron chi connectivity index (χ4n) is 2.65. The van der Waals surface area contributed by atoms with E-state index in [0.717, 1.165) is 6.54 Å². The summed E-state index contributed by atoms with van der Waals surface area (Å²) < 4.78 is 2.27. The molecule has 0 radical (unpaired) electrons. The SMILES string of the molecule is CCC1(NCc2cc(C)n(C)c2C)CCC1. The number of hydrogen-bond acceptors (Lipinski definition) is 1. The van der Waals surface area contributed by atoms with E-state index in [9.17, 15) is 0 Å². The van der Waals surface area contributed by atoms with Crippen LogP contribution in [0.25, 0.3) is 0 Å². The standard InChI is InChI=1S/C14H24N2/c1-5-14(7-6-8-14)15-10-13-9-11(2)16(4)12(13)3/h9,15H,5-8,10H2,1-4H3. The Labute approximate surface area is 99.0 Å². The van der Waals surface area contributed by atoms with Crippen molar-refractivity contribution in [3.05, 3.63) is 23.0 Å². The van der Waals surface area contributed by atoms with Crippen LogP contribution < -0.4 is 5.32 Å². The van der Waals surface area contributed by atoms with E-state index in [4.69, 9.17) is 0 Å². The second-order valence-corrected chi connectivity index (χ2v) is 5.30. The minimum absolute atomic E-state index is 0.455. The Kier molecular flexibility index (Phi) is 3.11. The van der Waals surface area contributed by atoms with Crippen molar-refractivity contribution < 1.29 is 0 Å². The molecule has 0 saturated heterocycles. The van der Waals surface area contributed by atoms with Crippen molar-refractivity contribution in [1.82, 2.24) is 9.88 Å². The van der Waals surface area contributed by atoms with Crippen LogP contribution in [0.4, 0.5) is 0 Å². The molecule has 90 valence electrons. The van der Waals surface area contributed by atoms with Crippen LogP contribution in [0, 0.1) is 13.8 Å². The molecule has 1 heterocycles. The quantitative estimate of drug-likeness (QED) is 0.825. The highest BCUT2D eigenvalue weighted by molar-refractivity contribution is 5.26. The van der Waals surface area contributed by atoms with Crippen molar-refractivity contribution in [2.45, 2.75) is 58.5 Å². The molecule has 1 fully saturated rings. The first-order valence-corrected chi connectivity index (χ1v) is 6.45. The largest absolute Gasteiger partial charge is 0.352 e. The second kappa shape index (κ2) is 4.25. The van der Waals surface area contributed by atoms with Gasteiger partial charge in [0.2, 0.25) is 0 Å². The summed E-state index contributed by atoms with van der Waals surface area (Å²) in [6.45, 7) is 7.72. The molecule has 2 heteroatoms.